The molecule has 1 heterocycles. The van der Waals surface area contributed by atoms with E-state index in [1.807, 2.05) is 6.07 Å². The molecule has 2 aromatic rings. The molecule has 0 aliphatic heterocycles. The predicted molar refractivity (Wildman–Crippen MR) is 104 cm³/mol. The summed E-state index contributed by atoms with van der Waals surface area (Å²) in [7, 11) is 0. The second-order valence-corrected chi connectivity index (χ2v) is 7.59. The maximum absolute atomic E-state index is 12.8. The molecule has 0 unspecified atom stereocenters. The molecule has 0 atom stereocenters. The Balaban J connectivity index is 1.74. The first-order chi connectivity index (χ1) is 13.0. The molecule has 27 heavy (non-hydrogen) atoms. The van der Waals surface area contributed by atoms with Crippen molar-refractivity contribution in [2.75, 3.05) is 19.7 Å². The number of hydrogen-bond acceptors (Lipinski definition) is 5. The summed E-state index contributed by atoms with van der Waals surface area (Å²) in [5, 5.41) is 0.458. The van der Waals surface area contributed by atoms with Crippen molar-refractivity contribution in [2.45, 2.75) is 32.7 Å². The van der Waals surface area contributed by atoms with Crippen LogP contribution in [-0.2, 0) is 20.9 Å². The largest absolute Gasteiger partial charge is 0.466 e. The zero-order valence-corrected chi connectivity index (χ0v) is 16.8. The highest BCUT2D eigenvalue weighted by atomic mass is 79.9. The first-order valence-electron chi connectivity index (χ1n) is 9.06. The summed E-state index contributed by atoms with van der Waals surface area (Å²) < 4.78 is 7.04. The SMILES string of the molecule is CCOC(=O)CCN(CC1CC1)C(=O)Cn1cnc2ccc(Br)cc2c1=O. The van der Waals surface area contributed by atoms with Crippen LogP contribution in [0.25, 0.3) is 10.9 Å². The highest BCUT2D eigenvalue weighted by molar-refractivity contribution is 9.10. The molecule has 0 saturated heterocycles. The van der Waals surface area contributed by atoms with Gasteiger partial charge in [0.2, 0.25) is 5.91 Å². The third kappa shape index (κ3) is 5.15. The molecule has 144 valence electrons. The zero-order valence-electron chi connectivity index (χ0n) is 15.2. The molecule has 0 bridgehead atoms. The van der Waals surface area contributed by atoms with Crippen molar-refractivity contribution < 1.29 is 14.3 Å². The molecule has 1 aromatic heterocycles. The molecule has 1 aliphatic carbocycles. The topological polar surface area (TPSA) is 81.5 Å². The van der Waals surface area contributed by atoms with Crippen LogP contribution in [-0.4, -0.2) is 46.0 Å². The summed E-state index contributed by atoms with van der Waals surface area (Å²) in [4.78, 5) is 43.0. The molecule has 1 amide bonds. The van der Waals surface area contributed by atoms with Crippen LogP contribution in [0.5, 0.6) is 0 Å². The first-order valence-corrected chi connectivity index (χ1v) is 9.85. The average Bonchev–Trinajstić information content (AvgIpc) is 3.45. The lowest BCUT2D eigenvalue weighted by molar-refractivity contribution is -0.144. The van der Waals surface area contributed by atoms with Gasteiger partial charge in [0, 0.05) is 17.6 Å². The van der Waals surface area contributed by atoms with E-state index in [0.29, 0.717) is 36.5 Å². The number of carbonyl (C=O) groups excluding carboxylic acids is 2. The Hall–Kier alpha value is -2.22. The minimum atomic E-state index is -0.319. The number of halogens is 1. The molecule has 8 heteroatoms. The standard InChI is InChI=1S/C19H22BrN3O4/c1-2-27-18(25)7-8-22(10-13-3-4-13)17(24)11-23-12-21-16-6-5-14(20)9-15(16)19(23)26/h5-6,9,12-13H,2-4,7-8,10-11H2,1H3. The summed E-state index contributed by atoms with van der Waals surface area (Å²) >= 11 is 3.35. The van der Waals surface area contributed by atoms with Gasteiger partial charge < -0.3 is 9.64 Å². The van der Waals surface area contributed by atoms with Crippen molar-refractivity contribution in [3.05, 3.63) is 39.4 Å². The Kier molecular flexibility index (Phi) is 6.26. The molecule has 3 rings (SSSR count). The Morgan fingerprint density at radius 1 is 1.37 bits per heavy atom. The summed E-state index contributed by atoms with van der Waals surface area (Å²) in [6, 6.07) is 5.27. The fourth-order valence-corrected chi connectivity index (χ4v) is 3.24. The van der Waals surface area contributed by atoms with Crippen molar-refractivity contribution in [1.29, 1.82) is 0 Å². The number of benzene rings is 1. The van der Waals surface area contributed by atoms with Crippen LogP contribution in [0.15, 0.2) is 33.8 Å². The van der Waals surface area contributed by atoms with Crippen LogP contribution in [0.4, 0.5) is 0 Å². The number of amides is 1. The van der Waals surface area contributed by atoms with Crippen LogP contribution in [0, 0.1) is 5.92 Å². The Morgan fingerprint density at radius 3 is 2.85 bits per heavy atom. The maximum Gasteiger partial charge on any atom is 0.307 e. The molecule has 1 saturated carbocycles. The van der Waals surface area contributed by atoms with Crippen molar-refractivity contribution in [1.82, 2.24) is 14.5 Å². The van der Waals surface area contributed by atoms with Gasteiger partial charge in [-0.15, -0.1) is 0 Å². The van der Waals surface area contributed by atoms with E-state index >= 15 is 0 Å². The number of esters is 1. The number of rotatable bonds is 8. The highest BCUT2D eigenvalue weighted by Crippen LogP contribution is 2.29. The third-order valence-corrected chi connectivity index (χ3v) is 5.00. The summed E-state index contributed by atoms with van der Waals surface area (Å²) in [5.74, 6) is -0.0246. The molecule has 1 fully saturated rings. The van der Waals surface area contributed by atoms with Crippen molar-refractivity contribution in [3.8, 4) is 0 Å². The van der Waals surface area contributed by atoms with E-state index in [-0.39, 0.29) is 30.4 Å². The number of fused-ring (bicyclic) bond motifs is 1. The van der Waals surface area contributed by atoms with Crippen LogP contribution < -0.4 is 5.56 Å². The van der Waals surface area contributed by atoms with E-state index in [1.54, 1.807) is 24.0 Å². The van der Waals surface area contributed by atoms with Gasteiger partial charge in [0.15, 0.2) is 0 Å². The van der Waals surface area contributed by atoms with Gasteiger partial charge in [0.05, 0.1) is 30.3 Å². The number of nitrogens with zero attached hydrogens (tertiary/aromatic N) is 3. The van der Waals surface area contributed by atoms with E-state index in [4.69, 9.17) is 4.74 Å². The van der Waals surface area contributed by atoms with Crippen LogP contribution in [0.2, 0.25) is 0 Å². The minimum Gasteiger partial charge on any atom is -0.466 e. The van der Waals surface area contributed by atoms with Crippen molar-refractivity contribution in [3.63, 3.8) is 0 Å². The molecule has 1 aromatic carbocycles. The van der Waals surface area contributed by atoms with Crippen molar-refractivity contribution >= 4 is 38.7 Å². The van der Waals surface area contributed by atoms with Crippen LogP contribution in [0.3, 0.4) is 0 Å². The average molecular weight is 436 g/mol. The molecule has 1 aliphatic rings. The fraction of sp³-hybridized carbons (Fsp3) is 0.474. The van der Waals surface area contributed by atoms with Crippen molar-refractivity contribution in [2.24, 2.45) is 5.92 Å². The molecular weight excluding hydrogens is 414 g/mol. The number of carbonyl (C=O) groups is 2. The summed E-state index contributed by atoms with van der Waals surface area (Å²) in [5.41, 5.74) is 0.329. The normalized spacial score (nSPS) is 13.6. The van der Waals surface area contributed by atoms with E-state index in [0.717, 1.165) is 17.3 Å². The first kappa shape index (κ1) is 19.5. The Labute approximate surface area is 165 Å². The van der Waals surface area contributed by atoms with E-state index < -0.39 is 0 Å². The monoisotopic (exact) mass is 435 g/mol. The predicted octanol–water partition coefficient (Wildman–Crippen LogP) is 2.35. The van der Waals surface area contributed by atoms with Gasteiger partial charge in [-0.1, -0.05) is 15.9 Å². The lowest BCUT2D eigenvalue weighted by Crippen LogP contribution is -2.39. The Bertz CT molecular complexity index is 907. The number of hydrogen-bond donors (Lipinski definition) is 0. The van der Waals surface area contributed by atoms with Gasteiger partial charge in [-0.25, -0.2) is 4.98 Å². The molecule has 0 radical (unpaired) electrons. The second-order valence-electron chi connectivity index (χ2n) is 6.68. The molecule has 0 spiro atoms. The summed E-state index contributed by atoms with van der Waals surface area (Å²) in [6.45, 7) is 2.89. The number of aromatic nitrogens is 2. The highest BCUT2D eigenvalue weighted by Gasteiger charge is 2.27. The maximum atomic E-state index is 12.8. The van der Waals surface area contributed by atoms with Gasteiger partial charge in [-0.05, 0) is 43.9 Å². The summed E-state index contributed by atoms with van der Waals surface area (Å²) in [6.07, 6.45) is 3.74. The van der Waals surface area contributed by atoms with Gasteiger partial charge in [-0.2, -0.15) is 0 Å². The lowest BCUT2D eigenvalue weighted by atomic mass is 10.2. The Morgan fingerprint density at radius 2 is 2.15 bits per heavy atom. The van der Waals surface area contributed by atoms with E-state index in [2.05, 4.69) is 20.9 Å². The number of ether oxygens (including phenoxy) is 1. The quantitative estimate of drug-likeness (QED) is 0.594. The van der Waals surface area contributed by atoms with E-state index in [1.165, 1.54) is 10.9 Å². The zero-order chi connectivity index (χ0) is 19.4. The smallest absolute Gasteiger partial charge is 0.307 e. The fourth-order valence-electron chi connectivity index (χ4n) is 2.88. The van der Waals surface area contributed by atoms with Crippen LogP contribution >= 0.6 is 15.9 Å². The lowest BCUT2D eigenvalue weighted by Gasteiger charge is -2.22. The minimum absolute atomic E-state index is 0.0934. The second kappa shape index (κ2) is 8.65. The van der Waals surface area contributed by atoms with E-state index in [9.17, 15) is 14.4 Å². The van der Waals surface area contributed by atoms with Crippen LogP contribution in [0.1, 0.15) is 26.2 Å². The van der Waals surface area contributed by atoms with Gasteiger partial charge in [-0.3, -0.25) is 19.0 Å². The molecular formula is C19H22BrN3O4. The molecule has 7 nitrogen and oxygen atoms in total. The van der Waals surface area contributed by atoms with Gasteiger partial charge >= 0.3 is 5.97 Å². The molecule has 0 N–H and O–H groups in total. The third-order valence-electron chi connectivity index (χ3n) is 4.51. The van der Waals surface area contributed by atoms with Gasteiger partial charge in [0.1, 0.15) is 6.54 Å². The van der Waals surface area contributed by atoms with Gasteiger partial charge in [0.25, 0.3) is 5.56 Å².